The number of hydrogen-bond acceptors (Lipinski definition) is 4. The number of carbonyl (C=O) groups excluding carboxylic acids is 2. The maximum atomic E-state index is 13.5. The first-order valence-electron chi connectivity index (χ1n) is 10.3. The largest absolute Gasteiger partial charge is 0.350 e. The summed E-state index contributed by atoms with van der Waals surface area (Å²) < 4.78 is 26.8. The Morgan fingerprint density at radius 2 is 1.67 bits per heavy atom. The van der Waals surface area contributed by atoms with Crippen LogP contribution in [-0.4, -0.2) is 49.5 Å². The van der Waals surface area contributed by atoms with E-state index in [1.54, 1.807) is 55.5 Å². The van der Waals surface area contributed by atoms with Crippen LogP contribution in [0.4, 0.5) is 5.69 Å². The first-order chi connectivity index (χ1) is 15.2. The maximum Gasteiger partial charge on any atom is 0.244 e. The zero-order valence-corrected chi connectivity index (χ0v) is 22.5. The molecule has 180 valence electrons. The van der Waals surface area contributed by atoms with E-state index in [0.717, 1.165) is 15.0 Å². The number of rotatable bonds is 8. The standard InChI is InChI=1S/C23H29BrClN3O4S/c1-16(22(30)26-23(2,3)4)27(14-17-8-6-7-9-20(17)25)21(29)15-28(33(5,31)32)19-12-10-18(24)11-13-19/h6-13,16H,14-15H2,1-5H3,(H,26,30). The SMILES string of the molecule is CC(C(=O)NC(C)(C)C)N(Cc1ccccc1Cl)C(=O)CN(c1ccc(Br)cc1)S(C)(=O)=O. The zero-order valence-electron chi connectivity index (χ0n) is 19.3. The van der Waals surface area contributed by atoms with E-state index in [2.05, 4.69) is 21.2 Å². The van der Waals surface area contributed by atoms with E-state index < -0.39 is 34.1 Å². The minimum Gasteiger partial charge on any atom is -0.350 e. The molecule has 0 aliphatic heterocycles. The molecule has 2 rings (SSSR count). The van der Waals surface area contributed by atoms with Crippen LogP contribution in [0.2, 0.25) is 5.02 Å². The molecule has 0 aliphatic rings. The van der Waals surface area contributed by atoms with Crippen LogP contribution in [0.15, 0.2) is 53.0 Å². The molecule has 33 heavy (non-hydrogen) atoms. The van der Waals surface area contributed by atoms with E-state index in [-0.39, 0.29) is 12.5 Å². The van der Waals surface area contributed by atoms with Crippen molar-refractivity contribution in [2.45, 2.75) is 45.8 Å². The topological polar surface area (TPSA) is 86.8 Å². The fraction of sp³-hybridized carbons (Fsp3) is 0.391. The van der Waals surface area contributed by atoms with Crippen molar-refractivity contribution in [3.05, 3.63) is 63.6 Å². The van der Waals surface area contributed by atoms with E-state index in [4.69, 9.17) is 11.6 Å². The van der Waals surface area contributed by atoms with Crippen LogP contribution in [0.3, 0.4) is 0 Å². The molecule has 0 bridgehead atoms. The highest BCUT2D eigenvalue weighted by Crippen LogP contribution is 2.23. The number of amides is 2. The summed E-state index contributed by atoms with van der Waals surface area (Å²) in [6.07, 6.45) is 1.04. The molecule has 1 N–H and O–H groups in total. The molecule has 1 unspecified atom stereocenters. The molecule has 0 aromatic heterocycles. The van der Waals surface area contributed by atoms with Gasteiger partial charge in [0.1, 0.15) is 12.6 Å². The molecule has 2 aromatic carbocycles. The Morgan fingerprint density at radius 1 is 1.09 bits per heavy atom. The average Bonchev–Trinajstić information content (AvgIpc) is 2.69. The number of nitrogens with zero attached hydrogens (tertiary/aromatic N) is 2. The van der Waals surface area contributed by atoms with Gasteiger partial charge in [-0.05, 0) is 63.6 Å². The van der Waals surface area contributed by atoms with Crippen molar-refractivity contribution in [3.63, 3.8) is 0 Å². The summed E-state index contributed by atoms with van der Waals surface area (Å²) in [5.74, 6) is -0.878. The van der Waals surface area contributed by atoms with Crippen LogP contribution in [0.25, 0.3) is 0 Å². The second kappa shape index (κ2) is 10.9. The van der Waals surface area contributed by atoms with Crippen LogP contribution in [0.1, 0.15) is 33.3 Å². The van der Waals surface area contributed by atoms with Gasteiger partial charge in [-0.15, -0.1) is 0 Å². The lowest BCUT2D eigenvalue weighted by atomic mass is 10.1. The Labute approximate surface area is 209 Å². The molecule has 0 radical (unpaired) electrons. The van der Waals surface area contributed by atoms with Crippen LogP contribution >= 0.6 is 27.5 Å². The molecule has 0 heterocycles. The summed E-state index contributed by atoms with van der Waals surface area (Å²) >= 11 is 9.63. The lowest BCUT2D eigenvalue weighted by molar-refractivity contribution is -0.140. The van der Waals surface area contributed by atoms with Gasteiger partial charge in [-0.3, -0.25) is 13.9 Å². The van der Waals surface area contributed by atoms with E-state index in [1.807, 2.05) is 20.8 Å². The lowest BCUT2D eigenvalue weighted by Gasteiger charge is -2.33. The van der Waals surface area contributed by atoms with E-state index in [0.29, 0.717) is 16.3 Å². The molecule has 2 aromatic rings. The van der Waals surface area contributed by atoms with Crippen LogP contribution < -0.4 is 9.62 Å². The summed E-state index contributed by atoms with van der Waals surface area (Å²) in [6, 6.07) is 12.8. The number of benzene rings is 2. The molecule has 7 nitrogen and oxygen atoms in total. The van der Waals surface area contributed by atoms with Crippen molar-refractivity contribution < 1.29 is 18.0 Å². The smallest absolute Gasteiger partial charge is 0.244 e. The van der Waals surface area contributed by atoms with Gasteiger partial charge in [0.15, 0.2) is 0 Å². The van der Waals surface area contributed by atoms with Gasteiger partial charge in [-0.25, -0.2) is 8.42 Å². The van der Waals surface area contributed by atoms with Crippen molar-refractivity contribution in [2.75, 3.05) is 17.1 Å². The molecule has 0 spiro atoms. The van der Waals surface area contributed by atoms with Gasteiger partial charge in [0.05, 0.1) is 11.9 Å². The van der Waals surface area contributed by atoms with E-state index in [1.165, 1.54) is 4.90 Å². The van der Waals surface area contributed by atoms with Gasteiger partial charge in [-0.1, -0.05) is 45.7 Å². The summed E-state index contributed by atoms with van der Waals surface area (Å²) in [7, 11) is -3.77. The molecule has 0 saturated carbocycles. The molecule has 2 amide bonds. The third-order valence-electron chi connectivity index (χ3n) is 4.76. The van der Waals surface area contributed by atoms with Crippen LogP contribution in [-0.2, 0) is 26.2 Å². The second-order valence-electron chi connectivity index (χ2n) is 8.77. The van der Waals surface area contributed by atoms with Crippen molar-refractivity contribution in [2.24, 2.45) is 0 Å². The monoisotopic (exact) mass is 557 g/mol. The highest BCUT2D eigenvalue weighted by molar-refractivity contribution is 9.10. The van der Waals surface area contributed by atoms with Crippen molar-refractivity contribution >= 4 is 55.1 Å². The second-order valence-corrected chi connectivity index (χ2v) is 12.0. The van der Waals surface area contributed by atoms with Crippen LogP contribution in [0.5, 0.6) is 0 Å². The summed E-state index contributed by atoms with van der Waals surface area (Å²) in [5, 5.41) is 3.32. The summed E-state index contributed by atoms with van der Waals surface area (Å²) in [4.78, 5) is 27.7. The summed E-state index contributed by atoms with van der Waals surface area (Å²) in [6.45, 7) is 6.73. The van der Waals surface area contributed by atoms with Crippen molar-refractivity contribution in [3.8, 4) is 0 Å². The van der Waals surface area contributed by atoms with Crippen molar-refractivity contribution in [1.82, 2.24) is 10.2 Å². The predicted molar refractivity (Wildman–Crippen MR) is 136 cm³/mol. The highest BCUT2D eigenvalue weighted by atomic mass is 79.9. The van der Waals surface area contributed by atoms with Gasteiger partial charge < -0.3 is 10.2 Å². The first-order valence-corrected chi connectivity index (χ1v) is 13.3. The van der Waals surface area contributed by atoms with E-state index >= 15 is 0 Å². The molecular formula is C23H29BrClN3O4S. The Morgan fingerprint density at radius 3 is 2.18 bits per heavy atom. The van der Waals surface area contributed by atoms with Gasteiger partial charge in [0, 0.05) is 21.6 Å². The quantitative estimate of drug-likeness (QED) is 0.526. The highest BCUT2D eigenvalue weighted by Gasteiger charge is 2.31. The number of sulfonamides is 1. The van der Waals surface area contributed by atoms with Crippen molar-refractivity contribution in [1.29, 1.82) is 0 Å². The maximum absolute atomic E-state index is 13.5. The number of carbonyl (C=O) groups is 2. The Kier molecular flexibility index (Phi) is 8.95. The van der Waals surface area contributed by atoms with Gasteiger partial charge in [-0.2, -0.15) is 0 Å². The Balaban J connectivity index is 2.41. The Hall–Kier alpha value is -2.10. The summed E-state index contributed by atoms with van der Waals surface area (Å²) in [5.41, 5.74) is 0.497. The molecule has 0 saturated heterocycles. The molecule has 1 atom stereocenters. The Bertz CT molecular complexity index is 1100. The van der Waals surface area contributed by atoms with Crippen LogP contribution in [0, 0.1) is 0 Å². The molecule has 0 fully saturated rings. The minimum atomic E-state index is -3.77. The normalized spacial score (nSPS) is 12.7. The fourth-order valence-electron chi connectivity index (χ4n) is 3.09. The molecular weight excluding hydrogens is 530 g/mol. The fourth-order valence-corrected chi connectivity index (χ4v) is 4.40. The predicted octanol–water partition coefficient (Wildman–Crippen LogP) is 4.20. The van der Waals surface area contributed by atoms with Gasteiger partial charge in [0.25, 0.3) is 0 Å². The number of nitrogens with one attached hydrogen (secondary N) is 1. The number of anilines is 1. The zero-order chi connectivity index (χ0) is 25.0. The third kappa shape index (κ3) is 8.01. The van der Waals surface area contributed by atoms with Gasteiger partial charge >= 0.3 is 0 Å². The van der Waals surface area contributed by atoms with E-state index in [9.17, 15) is 18.0 Å². The number of halogens is 2. The molecule has 0 aliphatic carbocycles. The van der Waals surface area contributed by atoms with Gasteiger partial charge in [0.2, 0.25) is 21.8 Å². The lowest BCUT2D eigenvalue weighted by Crippen LogP contribution is -2.54. The first kappa shape index (κ1) is 27.1. The number of hydrogen-bond donors (Lipinski definition) is 1. The third-order valence-corrected chi connectivity index (χ3v) is 6.80. The minimum absolute atomic E-state index is 0.0508. The molecule has 10 heteroatoms. The average molecular weight is 559 g/mol.